The minimum Gasteiger partial charge on any atom is -0.230 e. The zero-order valence-electron chi connectivity index (χ0n) is 31.3. The Kier molecular flexibility index (Phi) is 27.1. The Balaban J connectivity index is 1.51. The van der Waals surface area contributed by atoms with Gasteiger partial charge in [0.25, 0.3) is 5.82 Å². The van der Waals surface area contributed by atoms with Crippen LogP contribution in [-0.4, -0.2) is 4.57 Å². The Morgan fingerprint density at radius 1 is 0.413 bits per heavy atom. The molecular formula is C44H79N2+. The molecule has 0 bridgehead atoms. The number of aromatic nitrogens is 2. The molecule has 0 unspecified atom stereocenters. The minimum absolute atomic E-state index is 1.15. The maximum Gasteiger partial charge on any atom is 0.288 e. The highest BCUT2D eigenvalue weighted by Crippen LogP contribution is 2.19. The Morgan fingerprint density at radius 2 is 0.761 bits per heavy atom. The standard InChI is InChI=1S/C44H79N2/c1-3-5-7-9-11-13-15-17-19-20-21-23-25-27-29-31-36-40-46-42-41-45(44(46)43-37-33-32-34-38-43)39-35-30-28-26-24-22-18-16-14-12-10-8-6-4-2/h32-34,37-38,41-42H,3-31,35-36,39-40H2,1-2H3/q+1. The molecule has 0 saturated carbocycles. The zero-order chi connectivity index (χ0) is 32.6. The van der Waals surface area contributed by atoms with Gasteiger partial charge in [-0.15, -0.1) is 0 Å². The molecule has 1 aromatic heterocycles. The SMILES string of the molecule is CCCCCCCCCCCCCCCCCCCn1cc[n+](CCCCCCCCCCCCCCCC)c1-c1ccccc1. The second kappa shape index (κ2) is 30.7. The van der Waals surface area contributed by atoms with Crippen LogP contribution in [0.4, 0.5) is 0 Å². The number of nitrogens with zero attached hydrogens (tertiary/aromatic N) is 2. The van der Waals surface area contributed by atoms with Gasteiger partial charge in [-0.1, -0.05) is 205 Å². The quantitative estimate of drug-likeness (QED) is 0.0534. The molecule has 0 aliphatic carbocycles. The Labute approximate surface area is 288 Å². The summed E-state index contributed by atoms with van der Waals surface area (Å²) in [7, 11) is 0. The van der Waals surface area contributed by atoms with Gasteiger partial charge in [-0.05, 0) is 37.8 Å². The zero-order valence-corrected chi connectivity index (χ0v) is 31.3. The van der Waals surface area contributed by atoms with Crippen LogP contribution in [0, 0.1) is 0 Å². The lowest BCUT2D eigenvalue weighted by molar-refractivity contribution is -0.686. The maximum absolute atomic E-state index is 2.53. The van der Waals surface area contributed by atoms with Crippen LogP contribution in [0.5, 0.6) is 0 Å². The van der Waals surface area contributed by atoms with Gasteiger partial charge in [-0.25, -0.2) is 9.13 Å². The molecule has 0 amide bonds. The molecule has 2 nitrogen and oxygen atoms in total. The van der Waals surface area contributed by atoms with Gasteiger partial charge in [0.2, 0.25) is 0 Å². The van der Waals surface area contributed by atoms with E-state index in [0.717, 1.165) is 13.1 Å². The lowest BCUT2D eigenvalue weighted by atomic mass is 10.0. The summed E-state index contributed by atoms with van der Waals surface area (Å²) in [6.45, 7) is 6.91. The average Bonchev–Trinajstić information content (AvgIpc) is 3.49. The maximum atomic E-state index is 2.53. The van der Waals surface area contributed by atoms with Crippen molar-refractivity contribution in [3.8, 4) is 11.4 Å². The van der Waals surface area contributed by atoms with Gasteiger partial charge in [0.15, 0.2) is 0 Å². The van der Waals surface area contributed by atoms with Crippen LogP contribution in [0.1, 0.15) is 213 Å². The molecular weight excluding hydrogens is 556 g/mol. The summed E-state index contributed by atoms with van der Waals surface area (Å²) < 4.78 is 5.06. The van der Waals surface area contributed by atoms with Crippen molar-refractivity contribution in [2.45, 2.75) is 226 Å². The van der Waals surface area contributed by atoms with Gasteiger partial charge in [0, 0.05) is 0 Å². The monoisotopic (exact) mass is 636 g/mol. The van der Waals surface area contributed by atoms with Gasteiger partial charge >= 0.3 is 0 Å². The molecule has 264 valence electrons. The highest BCUT2D eigenvalue weighted by Gasteiger charge is 2.18. The molecule has 1 aromatic carbocycles. The minimum atomic E-state index is 1.15. The number of aryl methyl sites for hydroxylation is 2. The van der Waals surface area contributed by atoms with E-state index in [2.05, 4.69) is 65.7 Å². The van der Waals surface area contributed by atoms with Crippen LogP contribution in [0.15, 0.2) is 42.7 Å². The Morgan fingerprint density at radius 3 is 1.15 bits per heavy atom. The van der Waals surface area contributed by atoms with E-state index < -0.39 is 0 Å². The van der Waals surface area contributed by atoms with Crippen LogP contribution in [0.3, 0.4) is 0 Å². The molecule has 2 aromatic rings. The molecule has 0 aliphatic heterocycles. The van der Waals surface area contributed by atoms with Crippen molar-refractivity contribution in [1.82, 2.24) is 4.57 Å². The van der Waals surface area contributed by atoms with Crippen molar-refractivity contribution in [2.75, 3.05) is 0 Å². The van der Waals surface area contributed by atoms with E-state index in [1.807, 2.05) is 0 Å². The molecule has 2 heteroatoms. The van der Waals surface area contributed by atoms with Crippen LogP contribution in [0.25, 0.3) is 11.4 Å². The molecule has 0 radical (unpaired) electrons. The first-order valence-electron chi connectivity index (χ1n) is 21.0. The van der Waals surface area contributed by atoms with Crippen molar-refractivity contribution >= 4 is 0 Å². The normalized spacial score (nSPS) is 11.5. The fraction of sp³-hybridized carbons (Fsp3) is 0.795. The van der Waals surface area contributed by atoms with Crippen molar-refractivity contribution in [3.63, 3.8) is 0 Å². The molecule has 0 saturated heterocycles. The van der Waals surface area contributed by atoms with E-state index in [9.17, 15) is 0 Å². The largest absolute Gasteiger partial charge is 0.288 e. The van der Waals surface area contributed by atoms with E-state index in [1.54, 1.807) is 0 Å². The first-order chi connectivity index (χ1) is 22.9. The number of benzene rings is 1. The van der Waals surface area contributed by atoms with Gasteiger partial charge in [0.05, 0.1) is 18.7 Å². The van der Waals surface area contributed by atoms with Crippen LogP contribution < -0.4 is 4.57 Å². The van der Waals surface area contributed by atoms with E-state index >= 15 is 0 Å². The number of imidazole rings is 1. The molecule has 2 rings (SSSR count). The van der Waals surface area contributed by atoms with Crippen LogP contribution in [-0.2, 0) is 13.1 Å². The molecule has 0 aliphatic rings. The predicted octanol–water partition coefficient (Wildman–Crippen LogP) is 14.6. The molecule has 0 N–H and O–H groups in total. The van der Waals surface area contributed by atoms with E-state index in [0.29, 0.717) is 0 Å². The molecule has 0 spiro atoms. The van der Waals surface area contributed by atoms with Gasteiger partial charge in [-0.3, -0.25) is 0 Å². The molecule has 1 heterocycles. The number of hydrogen-bond acceptors (Lipinski definition) is 0. The third-order valence-corrected chi connectivity index (χ3v) is 10.3. The summed E-state index contributed by atoms with van der Waals surface area (Å²) in [5.41, 5.74) is 1.37. The summed E-state index contributed by atoms with van der Waals surface area (Å²) in [4.78, 5) is 0. The summed E-state index contributed by atoms with van der Waals surface area (Å²) >= 11 is 0. The van der Waals surface area contributed by atoms with Crippen molar-refractivity contribution in [3.05, 3.63) is 42.7 Å². The highest BCUT2D eigenvalue weighted by molar-refractivity contribution is 5.52. The third-order valence-electron chi connectivity index (χ3n) is 10.3. The lowest BCUT2D eigenvalue weighted by Crippen LogP contribution is -2.34. The summed E-state index contributed by atoms with van der Waals surface area (Å²) in [6.07, 6.45) is 49.0. The third kappa shape index (κ3) is 21.3. The first kappa shape index (κ1) is 40.6. The van der Waals surface area contributed by atoms with Gasteiger partial charge in [-0.2, -0.15) is 0 Å². The molecule has 0 atom stereocenters. The molecule has 46 heavy (non-hydrogen) atoms. The Bertz CT molecular complexity index is 885. The van der Waals surface area contributed by atoms with E-state index in [4.69, 9.17) is 0 Å². The topological polar surface area (TPSA) is 8.81 Å². The van der Waals surface area contributed by atoms with E-state index in [1.165, 1.54) is 210 Å². The second-order valence-corrected chi connectivity index (χ2v) is 14.6. The fourth-order valence-corrected chi connectivity index (χ4v) is 7.23. The second-order valence-electron chi connectivity index (χ2n) is 14.6. The summed E-state index contributed by atoms with van der Waals surface area (Å²) in [5, 5.41) is 0. The highest BCUT2D eigenvalue weighted by atomic mass is 15.1. The summed E-state index contributed by atoms with van der Waals surface area (Å²) in [6, 6.07) is 11.1. The van der Waals surface area contributed by atoms with E-state index in [-0.39, 0.29) is 0 Å². The molecule has 0 fully saturated rings. The van der Waals surface area contributed by atoms with Crippen molar-refractivity contribution < 1.29 is 4.57 Å². The number of rotatable bonds is 34. The van der Waals surface area contributed by atoms with Crippen molar-refractivity contribution in [2.24, 2.45) is 0 Å². The smallest absolute Gasteiger partial charge is 0.230 e. The first-order valence-corrected chi connectivity index (χ1v) is 21.0. The summed E-state index contributed by atoms with van der Waals surface area (Å²) in [5.74, 6) is 1.41. The lowest BCUT2D eigenvalue weighted by Gasteiger charge is -2.07. The predicted molar refractivity (Wildman–Crippen MR) is 205 cm³/mol. The van der Waals surface area contributed by atoms with Crippen LogP contribution in [0.2, 0.25) is 0 Å². The fourth-order valence-electron chi connectivity index (χ4n) is 7.23. The van der Waals surface area contributed by atoms with Gasteiger partial charge < -0.3 is 0 Å². The number of unbranched alkanes of at least 4 members (excludes halogenated alkanes) is 29. The Hall–Kier alpha value is -1.57. The van der Waals surface area contributed by atoms with Gasteiger partial charge in [0.1, 0.15) is 12.4 Å². The van der Waals surface area contributed by atoms with Crippen molar-refractivity contribution in [1.29, 1.82) is 0 Å². The number of hydrogen-bond donors (Lipinski definition) is 0. The average molecular weight is 636 g/mol. The van der Waals surface area contributed by atoms with Crippen LogP contribution >= 0.6 is 0 Å².